The number of rotatable bonds is 8. The van der Waals surface area contributed by atoms with E-state index in [0.717, 1.165) is 28.9 Å². The van der Waals surface area contributed by atoms with Crippen molar-refractivity contribution in [2.45, 2.75) is 32.6 Å². The second-order valence-electron chi connectivity index (χ2n) is 9.65. The number of hydrogen-bond donors (Lipinski definition) is 1. The molecule has 7 nitrogen and oxygen atoms in total. The van der Waals surface area contributed by atoms with Crippen molar-refractivity contribution in [1.29, 1.82) is 0 Å². The number of methoxy groups -OCH3 is 1. The van der Waals surface area contributed by atoms with Gasteiger partial charge in [-0.25, -0.2) is 0 Å². The number of carbonyl (C=O) groups is 1. The fraction of sp³-hybridized carbons (Fsp3) is 0.357. The van der Waals surface area contributed by atoms with E-state index >= 15 is 0 Å². The van der Waals surface area contributed by atoms with Crippen LogP contribution in [0.25, 0.3) is 11.3 Å². The van der Waals surface area contributed by atoms with E-state index in [-0.39, 0.29) is 18.1 Å². The summed E-state index contributed by atoms with van der Waals surface area (Å²) in [6.45, 7) is 8.12. The molecule has 0 radical (unpaired) electrons. The number of nitrogen functional groups attached to an aromatic ring is 1. The molecule has 7 heteroatoms. The van der Waals surface area contributed by atoms with Crippen molar-refractivity contribution >= 4 is 17.3 Å². The lowest BCUT2D eigenvalue weighted by molar-refractivity contribution is -0.00813. The Hall–Kier alpha value is -3.42. The monoisotopic (exact) mass is 475 g/mol. The molecule has 3 aromatic rings. The highest BCUT2D eigenvalue weighted by molar-refractivity contribution is 6.08. The molecule has 0 atom stereocenters. The highest BCUT2D eigenvalue weighted by Crippen LogP contribution is 2.32. The number of nitrogens with two attached hydrogens (primary N) is 1. The SMILES string of the molecule is COCCOCOc1ccc(N2CCc3cc(-c4ccc(C(C)(C)C)cn4)ccc3C2=O)cc1N. The number of anilines is 2. The van der Waals surface area contributed by atoms with E-state index in [9.17, 15) is 4.79 Å². The quantitative estimate of drug-likeness (QED) is 0.285. The molecule has 35 heavy (non-hydrogen) atoms. The number of hydrogen-bond acceptors (Lipinski definition) is 6. The molecule has 0 aliphatic carbocycles. The number of aromatic nitrogens is 1. The number of amides is 1. The number of fused-ring (bicyclic) bond motifs is 1. The highest BCUT2D eigenvalue weighted by Gasteiger charge is 2.26. The molecule has 2 aromatic carbocycles. The van der Waals surface area contributed by atoms with Gasteiger partial charge in [0, 0.05) is 36.7 Å². The van der Waals surface area contributed by atoms with Crippen molar-refractivity contribution in [3.05, 3.63) is 71.4 Å². The molecule has 0 unspecified atom stereocenters. The summed E-state index contributed by atoms with van der Waals surface area (Å²) in [5, 5.41) is 0. The lowest BCUT2D eigenvalue weighted by Gasteiger charge is -2.29. The Kier molecular flexibility index (Phi) is 7.38. The van der Waals surface area contributed by atoms with E-state index < -0.39 is 0 Å². The van der Waals surface area contributed by atoms with Crippen LogP contribution in [0.1, 0.15) is 42.3 Å². The average Bonchev–Trinajstić information content (AvgIpc) is 2.84. The van der Waals surface area contributed by atoms with Gasteiger partial charge in [-0.2, -0.15) is 0 Å². The maximum atomic E-state index is 13.3. The van der Waals surface area contributed by atoms with E-state index in [0.29, 0.717) is 36.8 Å². The molecule has 1 aromatic heterocycles. The first-order valence-electron chi connectivity index (χ1n) is 11.8. The first kappa shape index (κ1) is 24.7. The lowest BCUT2D eigenvalue weighted by Crippen LogP contribution is -2.37. The van der Waals surface area contributed by atoms with Crippen LogP contribution < -0.4 is 15.4 Å². The zero-order chi connectivity index (χ0) is 25.0. The van der Waals surface area contributed by atoms with Gasteiger partial charge in [-0.3, -0.25) is 9.78 Å². The van der Waals surface area contributed by atoms with Crippen LogP contribution in [0.2, 0.25) is 0 Å². The van der Waals surface area contributed by atoms with Crippen LogP contribution in [0.5, 0.6) is 5.75 Å². The standard InChI is InChI=1S/C28H33N3O4/c1-28(2,3)21-6-9-25(30-17-21)20-5-8-23-19(15-20)11-12-31(27(23)32)22-7-10-26(24(29)16-22)35-18-34-14-13-33-4/h5-10,15-17H,11-14,18,29H2,1-4H3. The largest absolute Gasteiger partial charge is 0.465 e. The van der Waals surface area contributed by atoms with E-state index in [2.05, 4.69) is 37.9 Å². The molecule has 0 fully saturated rings. The Labute approximate surface area is 206 Å². The molecule has 0 saturated carbocycles. The molecule has 0 bridgehead atoms. The predicted molar refractivity (Wildman–Crippen MR) is 138 cm³/mol. The fourth-order valence-electron chi connectivity index (χ4n) is 4.04. The van der Waals surface area contributed by atoms with Crippen molar-refractivity contribution in [2.24, 2.45) is 0 Å². The Balaban J connectivity index is 1.47. The van der Waals surface area contributed by atoms with Crippen molar-refractivity contribution in [3.63, 3.8) is 0 Å². The van der Waals surface area contributed by atoms with Crippen LogP contribution in [-0.2, 0) is 21.3 Å². The van der Waals surface area contributed by atoms with Crippen molar-refractivity contribution in [2.75, 3.05) is 44.3 Å². The smallest absolute Gasteiger partial charge is 0.258 e. The van der Waals surface area contributed by atoms with Gasteiger partial charge < -0.3 is 24.8 Å². The maximum absolute atomic E-state index is 13.3. The van der Waals surface area contributed by atoms with Gasteiger partial charge in [0.2, 0.25) is 0 Å². The number of pyridine rings is 1. The molecular formula is C28H33N3O4. The Bertz CT molecular complexity index is 1190. The lowest BCUT2D eigenvalue weighted by atomic mass is 9.88. The van der Waals surface area contributed by atoms with Crippen LogP contribution in [0.4, 0.5) is 11.4 Å². The van der Waals surface area contributed by atoms with Crippen LogP contribution in [0.3, 0.4) is 0 Å². The number of carbonyl (C=O) groups excluding carboxylic acids is 1. The number of ether oxygens (including phenoxy) is 3. The third kappa shape index (κ3) is 5.63. The van der Waals surface area contributed by atoms with Crippen LogP contribution in [0.15, 0.2) is 54.7 Å². The number of nitrogens with zero attached hydrogens (tertiary/aromatic N) is 2. The molecule has 2 N–H and O–H groups in total. The summed E-state index contributed by atoms with van der Waals surface area (Å²) in [4.78, 5) is 19.7. The molecular weight excluding hydrogens is 442 g/mol. The molecule has 4 rings (SSSR count). The minimum absolute atomic E-state index is 0.0372. The summed E-state index contributed by atoms with van der Waals surface area (Å²) in [6, 6.07) is 15.5. The van der Waals surface area contributed by atoms with Gasteiger partial charge in [0.1, 0.15) is 5.75 Å². The second-order valence-corrected chi connectivity index (χ2v) is 9.65. The minimum atomic E-state index is -0.0372. The summed E-state index contributed by atoms with van der Waals surface area (Å²) >= 11 is 0. The van der Waals surface area contributed by atoms with Crippen molar-refractivity contribution in [3.8, 4) is 17.0 Å². The van der Waals surface area contributed by atoms with Gasteiger partial charge in [0.05, 0.1) is 24.6 Å². The van der Waals surface area contributed by atoms with Crippen LogP contribution >= 0.6 is 0 Å². The molecule has 2 heterocycles. The molecule has 184 valence electrons. The minimum Gasteiger partial charge on any atom is -0.465 e. The Morgan fingerprint density at radius 3 is 2.57 bits per heavy atom. The van der Waals surface area contributed by atoms with Gasteiger partial charge in [-0.05, 0) is 59.4 Å². The number of benzene rings is 2. The molecule has 1 aliphatic heterocycles. The summed E-state index contributed by atoms with van der Waals surface area (Å²) < 4.78 is 15.8. The first-order chi connectivity index (χ1) is 16.8. The third-order valence-electron chi connectivity index (χ3n) is 6.15. The Morgan fingerprint density at radius 2 is 1.89 bits per heavy atom. The van der Waals surface area contributed by atoms with E-state index in [1.807, 2.05) is 30.5 Å². The van der Waals surface area contributed by atoms with Gasteiger partial charge in [0.25, 0.3) is 5.91 Å². The summed E-state index contributed by atoms with van der Waals surface area (Å²) in [5.74, 6) is 0.482. The summed E-state index contributed by atoms with van der Waals surface area (Å²) in [6.07, 6.45) is 2.69. The summed E-state index contributed by atoms with van der Waals surface area (Å²) in [5.41, 5.74) is 12.3. The predicted octanol–water partition coefficient (Wildman–Crippen LogP) is 4.83. The van der Waals surface area contributed by atoms with Crippen LogP contribution in [0, 0.1) is 0 Å². The average molecular weight is 476 g/mol. The highest BCUT2D eigenvalue weighted by atomic mass is 16.7. The molecule has 0 spiro atoms. The first-order valence-corrected chi connectivity index (χ1v) is 11.8. The Morgan fingerprint density at radius 1 is 1.06 bits per heavy atom. The fourth-order valence-corrected chi connectivity index (χ4v) is 4.04. The topological polar surface area (TPSA) is 86.9 Å². The zero-order valence-corrected chi connectivity index (χ0v) is 20.8. The van der Waals surface area contributed by atoms with Gasteiger partial charge >= 0.3 is 0 Å². The van der Waals surface area contributed by atoms with E-state index in [1.165, 1.54) is 5.56 Å². The molecule has 1 aliphatic rings. The van der Waals surface area contributed by atoms with Gasteiger partial charge in [-0.1, -0.05) is 32.9 Å². The third-order valence-corrected chi connectivity index (χ3v) is 6.15. The van der Waals surface area contributed by atoms with Crippen molar-refractivity contribution in [1.82, 2.24) is 4.98 Å². The molecule has 0 saturated heterocycles. The van der Waals surface area contributed by atoms with Gasteiger partial charge in [-0.15, -0.1) is 0 Å². The maximum Gasteiger partial charge on any atom is 0.258 e. The normalized spacial score (nSPS) is 13.6. The van der Waals surface area contributed by atoms with Crippen molar-refractivity contribution < 1.29 is 19.0 Å². The zero-order valence-electron chi connectivity index (χ0n) is 20.8. The second kappa shape index (κ2) is 10.5. The summed E-state index contributed by atoms with van der Waals surface area (Å²) in [7, 11) is 1.61. The van der Waals surface area contributed by atoms with E-state index in [1.54, 1.807) is 24.1 Å². The molecule has 1 amide bonds. The van der Waals surface area contributed by atoms with Crippen LogP contribution in [-0.4, -0.2) is 44.6 Å². The van der Waals surface area contributed by atoms with E-state index in [4.69, 9.17) is 19.9 Å². The van der Waals surface area contributed by atoms with Gasteiger partial charge in [0.15, 0.2) is 6.79 Å².